The maximum atomic E-state index is 13.9. The van der Waals surface area contributed by atoms with Crippen LogP contribution in [0.15, 0.2) is 28.7 Å². The topological polar surface area (TPSA) is 38.3 Å². The molecular weight excluding hydrogens is 479 g/mol. The van der Waals surface area contributed by atoms with Crippen LogP contribution < -0.4 is 5.32 Å². The third kappa shape index (κ3) is 4.62. The monoisotopic (exact) mass is 483 g/mol. The van der Waals surface area contributed by atoms with Crippen LogP contribution in [0.25, 0.3) is 0 Å². The van der Waals surface area contributed by atoms with Crippen molar-refractivity contribution in [2.24, 2.45) is 0 Å². The average Bonchev–Trinajstić information content (AvgIpc) is 2.44. The number of carbonyl (C=O) groups is 1. The third-order valence-electron chi connectivity index (χ3n) is 2.73. The maximum Gasteiger partial charge on any atom is 0.462 e. The molecule has 0 heterocycles. The summed E-state index contributed by atoms with van der Waals surface area (Å²) < 4.78 is 142. The Kier molecular flexibility index (Phi) is 6.13. The molecule has 1 aromatic rings. The molecule has 0 bridgehead atoms. The lowest BCUT2D eigenvalue weighted by Gasteiger charge is -2.34. The van der Waals surface area contributed by atoms with E-state index in [1.807, 2.05) is 0 Å². The van der Waals surface area contributed by atoms with E-state index < -0.39 is 41.8 Å². The number of amides is 1. The largest absolute Gasteiger partial charge is 0.462 e. The third-order valence-corrected chi connectivity index (χ3v) is 3.22. The Labute approximate surface area is 150 Å². The van der Waals surface area contributed by atoms with E-state index in [0.717, 1.165) is 23.5 Å². The highest BCUT2D eigenvalue weighted by atomic mass is 79.9. The van der Waals surface area contributed by atoms with Gasteiger partial charge in [0, 0.05) is 10.2 Å². The standard InChI is InChI=1S/C12H5BrF11NO2/c13-5-2-1-3-6(4-5)25-7(26)8(14,10(17,18)19)27-12(23,24)9(15,16)11(20,21)22/h1-4H,(H,25,26)/t8-/m0/s1. The van der Waals surface area contributed by atoms with Gasteiger partial charge in [0.25, 0.3) is 5.91 Å². The van der Waals surface area contributed by atoms with Crippen molar-refractivity contribution in [3.05, 3.63) is 28.7 Å². The summed E-state index contributed by atoms with van der Waals surface area (Å²) in [6.07, 6.45) is -20.9. The van der Waals surface area contributed by atoms with E-state index in [1.54, 1.807) is 0 Å². The Morgan fingerprint density at radius 1 is 0.889 bits per heavy atom. The Morgan fingerprint density at radius 3 is 1.81 bits per heavy atom. The van der Waals surface area contributed by atoms with Gasteiger partial charge in [-0.1, -0.05) is 22.0 Å². The van der Waals surface area contributed by atoms with E-state index in [1.165, 1.54) is 6.07 Å². The molecule has 0 unspecified atom stereocenters. The molecule has 154 valence electrons. The summed E-state index contributed by atoms with van der Waals surface area (Å²) >= 11 is 2.80. The van der Waals surface area contributed by atoms with Gasteiger partial charge in [-0.2, -0.15) is 48.3 Å². The van der Waals surface area contributed by atoms with Gasteiger partial charge in [-0.05, 0) is 18.2 Å². The van der Waals surface area contributed by atoms with Gasteiger partial charge in [-0.3, -0.25) is 9.53 Å². The minimum absolute atomic E-state index is 0.103. The van der Waals surface area contributed by atoms with Crippen LogP contribution in [0, 0.1) is 0 Å². The first-order valence-electron chi connectivity index (χ1n) is 6.20. The molecule has 0 aliphatic heterocycles. The second-order valence-corrected chi connectivity index (χ2v) is 5.66. The van der Waals surface area contributed by atoms with Crippen LogP contribution in [0.2, 0.25) is 0 Å². The molecular formula is C12H5BrF11NO2. The highest BCUT2D eigenvalue weighted by Crippen LogP contribution is 2.51. The molecule has 1 aromatic carbocycles. The lowest BCUT2D eigenvalue weighted by molar-refractivity contribution is -0.472. The number of rotatable bonds is 5. The van der Waals surface area contributed by atoms with Gasteiger partial charge in [-0.15, -0.1) is 0 Å². The first-order chi connectivity index (χ1) is 11.8. The summed E-state index contributed by atoms with van der Waals surface area (Å²) in [7, 11) is 0. The Hall–Kier alpha value is -1.64. The van der Waals surface area contributed by atoms with Gasteiger partial charge < -0.3 is 5.32 Å². The number of carbonyl (C=O) groups excluding carboxylic acids is 1. The zero-order valence-corrected chi connectivity index (χ0v) is 13.7. The van der Waals surface area contributed by atoms with E-state index in [4.69, 9.17) is 0 Å². The summed E-state index contributed by atoms with van der Waals surface area (Å²) in [5.74, 6) is -16.6. The fraction of sp³-hybridized carbons (Fsp3) is 0.417. The molecule has 0 aliphatic rings. The lowest BCUT2D eigenvalue weighted by atomic mass is 10.2. The number of hydrogen-bond acceptors (Lipinski definition) is 2. The number of benzene rings is 1. The van der Waals surface area contributed by atoms with Gasteiger partial charge in [0.2, 0.25) is 0 Å². The second-order valence-electron chi connectivity index (χ2n) is 4.75. The fourth-order valence-corrected chi connectivity index (χ4v) is 1.82. The molecule has 15 heteroatoms. The molecule has 0 aliphatic carbocycles. The predicted octanol–water partition coefficient (Wildman–Crippen LogP) is 5.42. The molecule has 3 nitrogen and oxygen atoms in total. The van der Waals surface area contributed by atoms with Crippen molar-refractivity contribution in [1.29, 1.82) is 0 Å². The molecule has 0 fully saturated rings. The number of anilines is 1. The van der Waals surface area contributed by atoms with E-state index >= 15 is 0 Å². The Balaban J connectivity index is 3.30. The Morgan fingerprint density at radius 2 is 1.41 bits per heavy atom. The van der Waals surface area contributed by atoms with Gasteiger partial charge in [-0.25, -0.2) is 0 Å². The molecule has 0 saturated heterocycles. The van der Waals surface area contributed by atoms with Crippen molar-refractivity contribution in [2.75, 3.05) is 5.32 Å². The minimum atomic E-state index is -7.24. The number of halogens is 12. The molecule has 1 N–H and O–H groups in total. The smallest absolute Gasteiger partial charge is 0.321 e. The summed E-state index contributed by atoms with van der Waals surface area (Å²) in [5.41, 5.74) is -0.643. The summed E-state index contributed by atoms with van der Waals surface area (Å²) in [6, 6.07) is 4.04. The average molecular weight is 484 g/mol. The minimum Gasteiger partial charge on any atom is -0.321 e. The van der Waals surface area contributed by atoms with Crippen molar-refractivity contribution in [1.82, 2.24) is 0 Å². The van der Waals surface area contributed by atoms with Crippen LogP contribution in [0.3, 0.4) is 0 Å². The SMILES string of the molecule is O=C(Nc1cccc(Br)c1)[C@](F)(OC(F)(F)C(F)(F)C(F)(F)F)C(F)(F)F. The first-order valence-corrected chi connectivity index (χ1v) is 6.99. The van der Waals surface area contributed by atoms with E-state index in [0.29, 0.717) is 0 Å². The number of ether oxygens (including phenoxy) is 1. The summed E-state index contributed by atoms with van der Waals surface area (Å²) in [5, 5.41) is 1.09. The zero-order chi connectivity index (χ0) is 21.5. The van der Waals surface area contributed by atoms with E-state index in [2.05, 4.69) is 20.7 Å². The van der Waals surface area contributed by atoms with Crippen LogP contribution in [-0.2, 0) is 9.53 Å². The van der Waals surface area contributed by atoms with Crippen LogP contribution in [0.4, 0.5) is 54.0 Å². The lowest BCUT2D eigenvalue weighted by Crippen LogP contribution is -2.62. The predicted molar refractivity (Wildman–Crippen MR) is 69.7 cm³/mol. The van der Waals surface area contributed by atoms with E-state index in [9.17, 15) is 53.1 Å². The fourth-order valence-electron chi connectivity index (χ4n) is 1.42. The molecule has 0 aromatic heterocycles. The molecule has 0 saturated carbocycles. The van der Waals surface area contributed by atoms with Crippen LogP contribution in [-0.4, -0.2) is 36.1 Å². The van der Waals surface area contributed by atoms with E-state index in [-0.39, 0.29) is 4.47 Å². The van der Waals surface area contributed by atoms with Crippen LogP contribution in [0.5, 0.6) is 0 Å². The number of hydrogen-bond donors (Lipinski definition) is 1. The maximum absolute atomic E-state index is 13.9. The van der Waals surface area contributed by atoms with Crippen molar-refractivity contribution in [3.8, 4) is 0 Å². The summed E-state index contributed by atoms with van der Waals surface area (Å²) in [4.78, 5) is 11.4. The molecule has 0 radical (unpaired) electrons. The van der Waals surface area contributed by atoms with Gasteiger partial charge in [0.1, 0.15) is 0 Å². The van der Waals surface area contributed by atoms with Crippen LogP contribution in [0.1, 0.15) is 0 Å². The van der Waals surface area contributed by atoms with Crippen molar-refractivity contribution in [2.45, 2.75) is 30.2 Å². The normalized spacial score (nSPS) is 16.0. The highest BCUT2D eigenvalue weighted by Gasteiger charge is 2.79. The highest BCUT2D eigenvalue weighted by molar-refractivity contribution is 9.10. The first kappa shape index (κ1) is 23.4. The second kappa shape index (κ2) is 7.07. The van der Waals surface area contributed by atoms with Gasteiger partial charge in [0.05, 0.1) is 0 Å². The van der Waals surface area contributed by atoms with Crippen molar-refractivity contribution < 1.29 is 57.8 Å². The Bertz CT molecular complexity index is 703. The van der Waals surface area contributed by atoms with Gasteiger partial charge >= 0.3 is 30.2 Å². The molecule has 0 spiro atoms. The van der Waals surface area contributed by atoms with Crippen molar-refractivity contribution in [3.63, 3.8) is 0 Å². The molecule has 1 amide bonds. The number of nitrogens with one attached hydrogen (secondary N) is 1. The zero-order valence-electron chi connectivity index (χ0n) is 12.2. The van der Waals surface area contributed by atoms with Crippen molar-refractivity contribution >= 4 is 27.5 Å². The van der Waals surface area contributed by atoms with Gasteiger partial charge in [0.15, 0.2) is 0 Å². The van der Waals surface area contributed by atoms with Crippen LogP contribution >= 0.6 is 15.9 Å². The molecule has 1 rings (SSSR count). The summed E-state index contributed by atoms with van der Waals surface area (Å²) in [6.45, 7) is 0. The number of alkyl halides is 11. The molecule has 27 heavy (non-hydrogen) atoms. The molecule has 1 atom stereocenters. The quantitative estimate of drug-likeness (QED) is 0.568.